The minimum absolute atomic E-state index is 0.102. The largest absolute Gasteiger partial charge is 0.392 e. The molecule has 1 saturated carbocycles. The van der Waals surface area contributed by atoms with E-state index in [4.69, 9.17) is 5.73 Å². The number of aliphatic hydroxyl groups is 1. The van der Waals surface area contributed by atoms with Crippen LogP contribution in [0.1, 0.15) is 27.2 Å². The molecule has 66 valence electrons. The standard InChI is InChI=1S/C9H19NO/c1-6-4-7(6)8(11)9(2,3)5-10/h6-8,11H,4-5,10H2,1-3H3. The van der Waals surface area contributed by atoms with Crippen molar-refractivity contribution < 1.29 is 5.11 Å². The normalized spacial score (nSPS) is 33.5. The van der Waals surface area contributed by atoms with Gasteiger partial charge < -0.3 is 10.8 Å². The zero-order valence-electron chi connectivity index (χ0n) is 7.67. The van der Waals surface area contributed by atoms with Crippen LogP contribution < -0.4 is 5.73 Å². The van der Waals surface area contributed by atoms with E-state index in [1.807, 2.05) is 13.8 Å². The third-order valence-corrected chi connectivity index (χ3v) is 2.90. The van der Waals surface area contributed by atoms with Gasteiger partial charge >= 0.3 is 0 Å². The van der Waals surface area contributed by atoms with Gasteiger partial charge in [0.2, 0.25) is 0 Å². The van der Waals surface area contributed by atoms with Crippen molar-refractivity contribution in [2.75, 3.05) is 6.54 Å². The van der Waals surface area contributed by atoms with Gasteiger partial charge in [0, 0.05) is 5.41 Å². The predicted octanol–water partition coefficient (Wildman–Crippen LogP) is 0.988. The zero-order chi connectivity index (χ0) is 8.65. The summed E-state index contributed by atoms with van der Waals surface area (Å²) in [6.45, 7) is 6.81. The fourth-order valence-corrected chi connectivity index (χ4v) is 1.49. The average Bonchev–Trinajstić information content (AvgIpc) is 2.65. The second-order valence-electron chi connectivity index (χ2n) is 4.51. The number of aliphatic hydroxyl groups excluding tert-OH is 1. The van der Waals surface area contributed by atoms with E-state index in [0.29, 0.717) is 18.4 Å². The van der Waals surface area contributed by atoms with Crippen molar-refractivity contribution in [3.05, 3.63) is 0 Å². The van der Waals surface area contributed by atoms with E-state index in [2.05, 4.69) is 6.92 Å². The molecule has 2 heteroatoms. The Kier molecular flexibility index (Phi) is 2.26. The molecule has 0 aromatic rings. The Hall–Kier alpha value is -0.0800. The van der Waals surface area contributed by atoms with Gasteiger partial charge in [-0.1, -0.05) is 20.8 Å². The molecule has 1 fully saturated rings. The van der Waals surface area contributed by atoms with Crippen LogP contribution in [0.15, 0.2) is 0 Å². The number of hydrogen-bond acceptors (Lipinski definition) is 2. The van der Waals surface area contributed by atoms with Crippen molar-refractivity contribution in [1.82, 2.24) is 0 Å². The molecule has 0 bridgehead atoms. The lowest BCUT2D eigenvalue weighted by atomic mass is 9.83. The molecule has 0 aromatic carbocycles. The third-order valence-electron chi connectivity index (χ3n) is 2.90. The van der Waals surface area contributed by atoms with Gasteiger partial charge in [-0.15, -0.1) is 0 Å². The number of rotatable bonds is 3. The van der Waals surface area contributed by atoms with E-state index in [0.717, 1.165) is 0 Å². The van der Waals surface area contributed by atoms with Crippen molar-refractivity contribution >= 4 is 0 Å². The molecule has 1 aliphatic rings. The van der Waals surface area contributed by atoms with Crippen LogP contribution in [0.3, 0.4) is 0 Å². The molecular weight excluding hydrogens is 138 g/mol. The SMILES string of the molecule is CC1CC1C(O)C(C)(C)CN. The minimum Gasteiger partial charge on any atom is -0.392 e. The van der Waals surface area contributed by atoms with Gasteiger partial charge in [-0.25, -0.2) is 0 Å². The third kappa shape index (κ3) is 1.74. The summed E-state index contributed by atoms with van der Waals surface area (Å²) in [5.74, 6) is 1.21. The van der Waals surface area contributed by atoms with Crippen LogP contribution in [0.2, 0.25) is 0 Å². The lowest BCUT2D eigenvalue weighted by Gasteiger charge is -2.29. The Morgan fingerprint density at radius 2 is 2.09 bits per heavy atom. The Bertz CT molecular complexity index is 144. The van der Waals surface area contributed by atoms with Gasteiger partial charge in [-0.2, -0.15) is 0 Å². The van der Waals surface area contributed by atoms with Crippen molar-refractivity contribution in [1.29, 1.82) is 0 Å². The highest BCUT2D eigenvalue weighted by atomic mass is 16.3. The van der Waals surface area contributed by atoms with Crippen molar-refractivity contribution in [2.24, 2.45) is 23.0 Å². The summed E-state index contributed by atoms with van der Waals surface area (Å²) in [6, 6.07) is 0. The number of hydrogen-bond donors (Lipinski definition) is 2. The molecule has 1 rings (SSSR count). The second-order valence-corrected chi connectivity index (χ2v) is 4.51. The van der Waals surface area contributed by atoms with Crippen LogP contribution in [0, 0.1) is 17.3 Å². The fourth-order valence-electron chi connectivity index (χ4n) is 1.49. The monoisotopic (exact) mass is 157 g/mol. The van der Waals surface area contributed by atoms with E-state index >= 15 is 0 Å². The molecule has 0 radical (unpaired) electrons. The molecule has 11 heavy (non-hydrogen) atoms. The molecule has 0 heterocycles. The second kappa shape index (κ2) is 2.76. The van der Waals surface area contributed by atoms with Crippen LogP contribution in [0.4, 0.5) is 0 Å². The highest BCUT2D eigenvalue weighted by Gasteiger charge is 2.44. The lowest BCUT2D eigenvalue weighted by molar-refractivity contribution is 0.0339. The molecule has 2 nitrogen and oxygen atoms in total. The highest BCUT2D eigenvalue weighted by Crippen LogP contribution is 2.45. The molecule has 3 unspecified atom stereocenters. The van der Waals surface area contributed by atoms with Gasteiger partial charge in [0.05, 0.1) is 6.10 Å². The maximum atomic E-state index is 9.81. The van der Waals surface area contributed by atoms with Crippen LogP contribution in [0.5, 0.6) is 0 Å². The first-order valence-electron chi connectivity index (χ1n) is 4.37. The predicted molar refractivity (Wildman–Crippen MR) is 46.1 cm³/mol. The Balaban J connectivity index is 2.46. The first-order chi connectivity index (χ1) is 4.99. The van der Waals surface area contributed by atoms with Crippen molar-refractivity contribution in [3.63, 3.8) is 0 Å². The van der Waals surface area contributed by atoms with E-state index in [1.54, 1.807) is 0 Å². The van der Waals surface area contributed by atoms with Gasteiger partial charge in [0.15, 0.2) is 0 Å². The zero-order valence-corrected chi connectivity index (χ0v) is 7.67. The van der Waals surface area contributed by atoms with E-state index in [9.17, 15) is 5.11 Å². The van der Waals surface area contributed by atoms with Crippen LogP contribution in [0.25, 0.3) is 0 Å². The van der Waals surface area contributed by atoms with Crippen LogP contribution >= 0.6 is 0 Å². The van der Waals surface area contributed by atoms with Crippen LogP contribution in [-0.2, 0) is 0 Å². The molecule has 0 aromatic heterocycles. The Morgan fingerprint density at radius 1 is 1.64 bits per heavy atom. The summed E-state index contributed by atoms with van der Waals surface area (Å²) in [6.07, 6.45) is 0.965. The molecule has 1 aliphatic carbocycles. The molecule has 0 aliphatic heterocycles. The van der Waals surface area contributed by atoms with Crippen molar-refractivity contribution in [2.45, 2.75) is 33.3 Å². The Morgan fingerprint density at radius 3 is 2.36 bits per heavy atom. The summed E-state index contributed by atoms with van der Waals surface area (Å²) < 4.78 is 0. The quantitative estimate of drug-likeness (QED) is 0.641. The van der Waals surface area contributed by atoms with E-state index in [1.165, 1.54) is 6.42 Å². The lowest BCUT2D eigenvalue weighted by Crippen LogP contribution is -2.38. The maximum absolute atomic E-state index is 9.81. The minimum atomic E-state index is -0.206. The summed E-state index contributed by atoms with van der Waals surface area (Å²) in [5, 5.41) is 9.81. The molecule has 0 spiro atoms. The maximum Gasteiger partial charge on any atom is 0.0633 e. The van der Waals surface area contributed by atoms with Gasteiger partial charge in [-0.3, -0.25) is 0 Å². The summed E-state index contributed by atoms with van der Waals surface area (Å²) in [7, 11) is 0. The van der Waals surface area contributed by atoms with Crippen molar-refractivity contribution in [3.8, 4) is 0 Å². The molecule has 0 amide bonds. The Labute approximate surface area is 68.8 Å². The topological polar surface area (TPSA) is 46.2 Å². The molecule has 3 atom stereocenters. The highest BCUT2D eigenvalue weighted by molar-refractivity contribution is 4.95. The molecule has 0 saturated heterocycles. The van der Waals surface area contributed by atoms with Gasteiger partial charge in [-0.05, 0) is 24.8 Å². The smallest absolute Gasteiger partial charge is 0.0633 e. The molecular formula is C9H19NO. The first kappa shape index (κ1) is 9.01. The number of nitrogens with two attached hydrogens (primary N) is 1. The summed E-state index contributed by atoms with van der Waals surface area (Å²) in [4.78, 5) is 0. The summed E-state index contributed by atoms with van der Waals surface area (Å²) >= 11 is 0. The van der Waals surface area contributed by atoms with Gasteiger partial charge in [0.25, 0.3) is 0 Å². The fraction of sp³-hybridized carbons (Fsp3) is 1.00. The average molecular weight is 157 g/mol. The first-order valence-corrected chi connectivity index (χ1v) is 4.37. The van der Waals surface area contributed by atoms with Gasteiger partial charge in [0.1, 0.15) is 0 Å². The van der Waals surface area contributed by atoms with Crippen LogP contribution in [-0.4, -0.2) is 17.8 Å². The van der Waals surface area contributed by atoms with E-state index in [-0.39, 0.29) is 11.5 Å². The summed E-state index contributed by atoms with van der Waals surface area (Å²) in [5.41, 5.74) is 5.46. The van der Waals surface area contributed by atoms with E-state index < -0.39 is 0 Å². The molecule has 3 N–H and O–H groups in total.